The minimum absolute atomic E-state index is 0.0756. The van der Waals surface area contributed by atoms with Gasteiger partial charge in [0, 0.05) is 23.5 Å². The van der Waals surface area contributed by atoms with Gasteiger partial charge in [0.25, 0.3) is 11.8 Å². The van der Waals surface area contributed by atoms with Gasteiger partial charge in [-0.3, -0.25) is 19.3 Å². The molecule has 0 unspecified atom stereocenters. The molecule has 1 aliphatic rings. The van der Waals surface area contributed by atoms with E-state index in [1.807, 2.05) is 6.92 Å². The molecule has 3 heterocycles. The van der Waals surface area contributed by atoms with Gasteiger partial charge in [0.2, 0.25) is 0 Å². The molecule has 136 valence electrons. The number of hydrogen-bond acceptors (Lipinski definition) is 4. The molecule has 0 saturated carbocycles. The van der Waals surface area contributed by atoms with Gasteiger partial charge >= 0.3 is 0 Å². The Morgan fingerprint density at radius 1 is 1.22 bits per heavy atom. The number of amides is 2. The molecule has 0 aliphatic carbocycles. The van der Waals surface area contributed by atoms with Crippen molar-refractivity contribution in [1.29, 1.82) is 0 Å². The number of nitrogens with one attached hydrogen (secondary N) is 1. The van der Waals surface area contributed by atoms with E-state index >= 15 is 0 Å². The van der Waals surface area contributed by atoms with Gasteiger partial charge in [-0.1, -0.05) is 11.6 Å². The number of aromatic nitrogens is 3. The van der Waals surface area contributed by atoms with E-state index in [1.54, 1.807) is 58.4 Å². The quantitative estimate of drug-likeness (QED) is 0.754. The van der Waals surface area contributed by atoms with Crippen LogP contribution in [0, 0.1) is 0 Å². The molecule has 0 fully saturated rings. The summed E-state index contributed by atoms with van der Waals surface area (Å²) in [5, 5.41) is 7.61. The van der Waals surface area contributed by atoms with Crippen molar-refractivity contribution in [3.63, 3.8) is 0 Å². The molecule has 7 nitrogen and oxygen atoms in total. The van der Waals surface area contributed by atoms with Gasteiger partial charge in [-0.15, -0.1) is 0 Å². The highest BCUT2D eigenvalue weighted by molar-refractivity contribution is 6.30. The fraction of sp³-hybridized carbons (Fsp3) is 0.158. The molecule has 1 aliphatic heterocycles. The van der Waals surface area contributed by atoms with E-state index in [-0.39, 0.29) is 23.2 Å². The average molecular weight is 382 g/mol. The van der Waals surface area contributed by atoms with Crippen LogP contribution < -0.4 is 10.2 Å². The number of nitrogens with zero attached hydrogens (tertiary/aromatic N) is 4. The number of pyridine rings is 1. The van der Waals surface area contributed by atoms with Crippen molar-refractivity contribution in [2.45, 2.75) is 13.0 Å². The lowest BCUT2D eigenvalue weighted by Gasteiger charge is -2.32. The number of hydrogen-bond donors (Lipinski definition) is 1. The number of halogens is 1. The largest absolute Gasteiger partial charge is 0.320 e. The number of fused-ring (bicyclic) bond motifs is 1. The summed E-state index contributed by atoms with van der Waals surface area (Å²) < 4.78 is 1.60. The maximum Gasteiger partial charge on any atom is 0.277 e. The highest BCUT2D eigenvalue weighted by Crippen LogP contribution is 2.29. The summed E-state index contributed by atoms with van der Waals surface area (Å²) in [6.07, 6.45) is 4.59. The van der Waals surface area contributed by atoms with Crippen molar-refractivity contribution in [2.75, 3.05) is 16.8 Å². The van der Waals surface area contributed by atoms with Crippen molar-refractivity contribution in [3.05, 3.63) is 71.3 Å². The van der Waals surface area contributed by atoms with Gasteiger partial charge in [0.1, 0.15) is 5.69 Å². The molecule has 1 N–H and O–H groups in total. The summed E-state index contributed by atoms with van der Waals surface area (Å²) in [7, 11) is 0. The molecule has 2 amide bonds. The number of benzene rings is 1. The van der Waals surface area contributed by atoms with Crippen LogP contribution >= 0.6 is 11.6 Å². The molecule has 2 aromatic heterocycles. The minimum atomic E-state index is -0.400. The second-order valence-electron chi connectivity index (χ2n) is 6.29. The van der Waals surface area contributed by atoms with Gasteiger partial charge < -0.3 is 10.2 Å². The van der Waals surface area contributed by atoms with Gasteiger partial charge in [-0.25, -0.2) is 0 Å². The van der Waals surface area contributed by atoms with Crippen LogP contribution in [0.4, 0.5) is 11.4 Å². The fourth-order valence-corrected chi connectivity index (χ4v) is 3.23. The SMILES string of the molecule is C[C@H]1CN(c2ccc(Cl)cc2)C(=O)c2c(C(=O)Nc3cccnc3)cnn21. The molecular weight excluding hydrogens is 366 g/mol. The number of carbonyl (C=O) groups excluding carboxylic acids is 2. The lowest BCUT2D eigenvalue weighted by atomic mass is 10.1. The molecule has 1 atom stereocenters. The first kappa shape index (κ1) is 17.2. The van der Waals surface area contributed by atoms with Crippen molar-refractivity contribution in [1.82, 2.24) is 14.8 Å². The molecule has 8 heteroatoms. The lowest BCUT2D eigenvalue weighted by molar-refractivity contribution is 0.0939. The molecule has 0 radical (unpaired) electrons. The summed E-state index contributed by atoms with van der Waals surface area (Å²) in [4.78, 5) is 31.4. The third-order valence-electron chi connectivity index (χ3n) is 4.41. The van der Waals surface area contributed by atoms with Crippen LogP contribution in [0.15, 0.2) is 55.0 Å². The minimum Gasteiger partial charge on any atom is -0.320 e. The Kier molecular flexibility index (Phi) is 4.37. The standard InChI is InChI=1S/C19H16ClN5O2/c1-12-11-24(15-6-4-13(20)5-7-15)19(27)17-16(10-22-25(12)17)18(26)23-14-3-2-8-21-9-14/h2-10,12H,11H2,1H3,(H,23,26)/t12-/m0/s1. The molecule has 27 heavy (non-hydrogen) atoms. The zero-order chi connectivity index (χ0) is 19.0. The maximum absolute atomic E-state index is 13.1. The summed E-state index contributed by atoms with van der Waals surface area (Å²) in [5.74, 6) is -0.674. The van der Waals surface area contributed by atoms with Crippen molar-refractivity contribution >= 4 is 34.8 Å². The second-order valence-corrected chi connectivity index (χ2v) is 6.72. The Morgan fingerprint density at radius 2 is 2.00 bits per heavy atom. The van der Waals surface area contributed by atoms with Crippen LogP contribution in [-0.2, 0) is 0 Å². The monoisotopic (exact) mass is 381 g/mol. The van der Waals surface area contributed by atoms with E-state index in [1.165, 1.54) is 6.20 Å². The van der Waals surface area contributed by atoms with Crippen LogP contribution in [0.3, 0.4) is 0 Å². The zero-order valence-electron chi connectivity index (χ0n) is 14.5. The predicted octanol–water partition coefficient (Wildman–Crippen LogP) is 3.41. The van der Waals surface area contributed by atoms with Crippen molar-refractivity contribution in [2.24, 2.45) is 0 Å². The van der Waals surface area contributed by atoms with E-state index < -0.39 is 5.91 Å². The molecule has 0 saturated heterocycles. The first-order valence-electron chi connectivity index (χ1n) is 8.41. The molecule has 3 aromatic rings. The Labute approximate surface area is 160 Å². The molecular formula is C19H16ClN5O2. The lowest BCUT2D eigenvalue weighted by Crippen LogP contribution is -2.43. The van der Waals surface area contributed by atoms with Crippen LogP contribution in [-0.4, -0.2) is 33.1 Å². The highest BCUT2D eigenvalue weighted by Gasteiger charge is 2.35. The molecule has 0 spiro atoms. The zero-order valence-corrected chi connectivity index (χ0v) is 15.2. The predicted molar refractivity (Wildman–Crippen MR) is 102 cm³/mol. The van der Waals surface area contributed by atoms with Crippen LogP contribution in [0.1, 0.15) is 33.8 Å². The first-order valence-corrected chi connectivity index (χ1v) is 8.78. The first-order chi connectivity index (χ1) is 13.0. The van der Waals surface area contributed by atoms with E-state index in [0.29, 0.717) is 17.3 Å². The van der Waals surface area contributed by atoms with E-state index in [2.05, 4.69) is 15.4 Å². The molecule has 1 aromatic carbocycles. The average Bonchev–Trinajstić information content (AvgIpc) is 3.12. The Hall–Kier alpha value is -3.19. The van der Waals surface area contributed by atoms with Crippen LogP contribution in [0.5, 0.6) is 0 Å². The Bertz CT molecular complexity index is 1000. The Balaban J connectivity index is 1.68. The van der Waals surface area contributed by atoms with Gasteiger partial charge in [0.15, 0.2) is 0 Å². The van der Waals surface area contributed by atoms with Crippen molar-refractivity contribution < 1.29 is 9.59 Å². The summed E-state index contributed by atoms with van der Waals surface area (Å²) in [6.45, 7) is 2.41. The summed E-state index contributed by atoms with van der Waals surface area (Å²) >= 11 is 5.95. The number of anilines is 2. The van der Waals surface area contributed by atoms with Crippen LogP contribution in [0.2, 0.25) is 5.02 Å². The topological polar surface area (TPSA) is 80.1 Å². The van der Waals surface area contributed by atoms with Gasteiger partial charge in [-0.05, 0) is 43.3 Å². The highest BCUT2D eigenvalue weighted by atomic mass is 35.5. The number of rotatable bonds is 3. The second kappa shape index (κ2) is 6.85. The van der Waals surface area contributed by atoms with E-state index in [4.69, 9.17) is 11.6 Å². The third kappa shape index (κ3) is 3.17. The normalized spacial score (nSPS) is 16.1. The summed E-state index contributed by atoms with van der Waals surface area (Å²) in [5.41, 5.74) is 1.77. The third-order valence-corrected chi connectivity index (χ3v) is 4.66. The molecule has 4 rings (SSSR count). The number of carbonyl (C=O) groups is 2. The van der Waals surface area contributed by atoms with Gasteiger partial charge in [-0.2, -0.15) is 5.10 Å². The fourth-order valence-electron chi connectivity index (χ4n) is 3.11. The van der Waals surface area contributed by atoms with Gasteiger partial charge in [0.05, 0.1) is 29.7 Å². The summed E-state index contributed by atoms with van der Waals surface area (Å²) in [6, 6.07) is 10.4. The van der Waals surface area contributed by atoms with Crippen LogP contribution in [0.25, 0.3) is 0 Å². The van der Waals surface area contributed by atoms with E-state index in [9.17, 15) is 9.59 Å². The van der Waals surface area contributed by atoms with Crippen molar-refractivity contribution in [3.8, 4) is 0 Å². The Morgan fingerprint density at radius 3 is 2.70 bits per heavy atom. The van der Waals surface area contributed by atoms with E-state index in [0.717, 1.165) is 5.69 Å². The maximum atomic E-state index is 13.1. The molecule has 0 bridgehead atoms. The smallest absolute Gasteiger partial charge is 0.277 e.